The van der Waals surface area contributed by atoms with Crippen LogP contribution >= 0.6 is 0 Å². The summed E-state index contributed by atoms with van der Waals surface area (Å²) in [7, 11) is 1.57. The number of alkyl halides is 3. The predicted octanol–water partition coefficient (Wildman–Crippen LogP) is 7.45. The molecule has 2 N–H and O–H groups in total. The Kier molecular flexibility index (Phi) is 9.98. The number of nitro groups is 1. The van der Waals surface area contributed by atoms with Crippen LogP contribution in [-0.2, 0) is 6.18 Å². The molecule has 13 heteroatoms. The molecule has 2 aliphatic heterocycles. The normalized spacial score (nSPS) is 20.1. The van der Waals surface area contributed by atoms with Gasteiger partial charge in [0.25, 0.3) is 5.69 Å². The zero-order chi connectivity index (χ0) is 34.1. The van der Waals surface area contributed by atoms with E-state index in [2.05, 4.69) is 25.5 Å². The van der Waals surface area contributed by atoms with Gasteiger partial charge < -0.3 is 25.0 Å². The second-order valence-corrected chi connectivity index (χ2v) is 13.9. The van der Waals surface area contributed by atoms with Crippen LogP contribution < -0.4 is 20.1 Å². The quantitative estimate of drug-likeness (QED) is 0.177. The monoisotopic (exact) mass is 670 g/mol. The van der Waals surface area contributed by atoms with Crippen LogP contribution in [0.1, 0.15) is 81.3 Å². The van der Waals surface area contributed by atoms with Crippen molar-refractivity contribution < 1.29 is 27.6 Å². The van der Waals surface area contributed by atoms with E-state index in [-0.39, 0.29) is 11.7 Å². The lowest BCUT2D eigenvalue weighted by Gasteiger charge is -2.44. The summed E-state index contributed by atoms with van der Waals surface area (Å²) in [5.74, 6) is 2.66. The molecule has 0 bridgehead atoms. The van der Waals surface area contributed by atoms with Crippen LogP contribution in [-0.4, -0.2) is 65.7 Å². The number of hydrogen-bond acceptors (Lipinski definition) is 9. The van der Waals surface area contributed by atoms with Gasteiger partial charge in [0.15, 0.2) is 11.5 Å². The molecule has 0 unspecified atom stereocenters. The van der Waals surface area contributed by atoms with Crippen molar-refractivity contribution in [2.75, 3.05) is 45.2 Å². The molecule has 2 aromatic carbocycles. The molecule has 260 valence electrons. The van der Waals surface area contributed by atoms with Crippen molar-refractivity contribution in [3.05, 3.63) is 57.4 Å². The molecule has 3 fully saturated rings. The minimum atomic E-state index is -4.73. The fraction of sp³-hybridized carbons (Fsp3) is 0.600. The Morgan fingerprint density at radius 2 is 1.75 bits per heavy atom. The Balaban J connectivity index is 1.14. The Bertz CT molecular complexity index is 1610. The number of non-ortho nitro benzene ring substituents is 1. The topological polar surface area (TPSA) is 115 Å². The molecular formula is C35H45F3N6O4. The van der Waals surface area contributed by atoms with Gasteiger partial charge in [-0.3, -0.25) is 10.1 Å². The van der Waals surface area contributed by atoms with Crippen LogP contribution in [0.4, 0.5) is 24.7 Å². The number of aryl methyl sites for hydroxylation is 1. The maximum atomic E-state index is 13.6. The van der Waals surface area contributed by atoms with Crippen molar-refractivity contribution in [3.63, 3.8) is 0 Å². The molecule has 1 aliphatic carbocycles. The van der Waals surface area contributed by atoms with Crippen molar-refractivity contribution >= 4 is 22.4 Å². The van der Waals surface area contributed by atoms with Gasteiger partial charge in [-0.25, -0.2) is 9.97 Å². The third-order valence-electron chi connectivity index (χ3n) is 10.6. The number of ether oxygens (including phenoxy) is 2. The summed E-state index contributed by atoms with van der Waals surface area (Å²) in [6.07, 6.45) is 5.08. The molecule has 0 radical (unpaired) electrons. The smallest absolute Gasteiger partial charge is 0.416 e. The number of likely N-dealkylation sites (tertiary alicyclic amines) is 1. The molecule has 3 aromatic rings. The van der Waals surface area contributed by atoms with Crippen LogP contribution in [0.5, 0.6) is 11.5 Å². The van der Waals surface area contributed by atoms with E-state index in [1.54, 1.807) is 27.0 Å². The van der Waals surface area contributed by atoms with E-state index in [9.17, 15) is 23.3 Å². The molecule has 1 saturated carbocycles. The van der Waals surface area contributed by atoms with Gasteiger partial charge in [0.05, 0.1) is 29.2 Å². The van der Waals surface area contributed by atoms with Gasteiger partial charge in [-0.1, -0.05) is 0 Å². The number of nitrogens with one attached hydrogen (secondary N) is 2. The zero-order valence-corrected chi connectivity index (χ0v) is 27.9. The first-order chi connectivity index (χ1) is 22.9. The van der Waals surface area contributed by atoms with Crippen LogP contribution in [0, 0.1) is 28.4 Å². The highest BCUT2D eigenvalue weighted by Crippen LogP contribution is 2.45. The summed E-state index contributed by atoms with van der Waals surface area (Å²) in [4.78, 5) is 22.3. The largest absolute Gasteiger partial charge is 0.493 e. The number of piperidine rings is 2. The standard InChI is InChI=1S/C35H45F3N6O4/c1-22(25-16-26(35(36,37)38)18-27(17-25)44(45)46)40-33-29-19-32(31(47-3)20-30(29)41-23(2)42-33)48-28-6-14-43(15-7-28)21-24-4-8-34(9-5-24)10-12-39-13-11-34/h16-20,22,24,28,39H,4-15,21H2,1-3H3,(H,40,41,42)/t22-/m1/s1. The Morgan fingerprint density at radius 3 is 2.40 bits per heavy atom. The van der Waals surface area contributed by atoms with E-state index >= 15 is 0 Å². The maximum absolute atomic E-state index is 13.6. The highest BCUT2D eigenvalue weighted by molar-refractivity contribution is 5.92. The minimum Gasteiger partial charge on any atom is -0.493 e. The fourth-order valence-corrected chi connectivity index (χ4v) is 7.74. The molecule has 3 aliphatic rings. The first kappa shape index (κ1) is 34.2. The lowest BCUT2D eigenvalue weighted by atomic mass is 9.65. The Labute approximate surface area is 278 Å². The summed E-state index contributed by atoms with van der Waals surface area (Å²) in [5, 5.41) is 18.7. The van der Waals surface area contributed by atoms with Crippen molar-refractivity contribution in [1.82, 2.24) is 20.2 Å². The van der Waals surface area contributed by atoms with E-state index in [0.717, 1.165) is 63.6 Å². The second kappa shape index (κ2) is 14.0. The number of fused-ring (bicyclic) bond motifs is 1. The summed E-state index contributed by atoms with van der Waals surface area (Å²) in [5.41, 5.74) is -0.452. The average Bonchev–Trinajstić information content (AvgIpc) is 3.06. The van der Waals surface area contributed by atoms with Crippen LogP contribution in [0.2, 0.25) is 0 Å². The van der Waals surface area contributed by atoms with E-state index in [1.807, 2.05) is 6.07 Å². The number of nitrogens with zero attached hydrogens (tertiary/aromatic N) is 4. The summed E-state index contributed by atoms with van der Waals surface area (Å²) in [6, 6.07) is 5.45. The molecule has 6 rings (SSSR count). The molecule has 3 heterocycles. The molecule has 10 nitrogen and oxygen atoms in total. The number of halogens is 3. The number of anilines is 1. The predicted molar refractivity (Wildman–Crippen MR) is 178 cm³/mol. The highest BCUT2D eigenvalue weighted by Gasteiger charge is 2.37. The molecule has 2 saturated heterocycles. The van der Waals surface area contributed by atoms with Gasteiger partial charge >= 0.3 is 6.18 Å². The minimum absolute atomic E-state index is 0.00400. The molecular weight excluding hydrogens is 625 g/mol. The van der Waals surface area contributed by atoms with Crippen molar-refractivity contribution in [1.29, 1.82) is 0 Å². The van der Waals surface area contributed by atoms with Crippen molar-refractivity contribution in [2.45, 2.75) is 83.5 Å². The maximum Gasteiger partial charge on any atom is 0.416 e. The summed E-state index contributed by atoms with van der Waals surface area (Å²) >= 11 is 0. The van der Waals surface area contributed by atoms with Crippen molar-refractivity contribution in [2.24, 2.45) is 11.3 Å². The number of rotatable bonds is 9. The number of methoxy groups -OCH3 is 1. The third kappa shape index (κ3) is 7.78. The van der Waals surface area contributed by atoms with Gasteiger partial charge in [-0.15, -0.1) is 0 Å². The van der Waals surface area contributed by atoms with Gasteiger partial charge in [0.1, 0.15) is 17.7 Å². The lowest BCUT2D eigenvalue weighted by molar-refractivity contribution is -0.385. The molecule has 1 aromatic heterocycles. The van der Waals surface area contributed by atoms with Gasteiger partial charge in [-0.05, 0) is 107 Å². The SMILES string of the molecule is COc1cc2nc(C)nc(N[C@H](C)c3cc([N+](=O)[O-])cc(C(F)(F)F)c3)c2cc1OC1CCN(CC2CCC3(CCNCC3)CC2)CC1. The van der Waals surface area contributed by atoms with E-state index in [4.69, 9.17) is 9.47 Å². The summed E-state index contributed by atoms with van der Waals surface area (Å²) in [6.45, 7) is 8.78. The molecule has 48 heavy (non-hydrogen) atoms. The average molecular weight is 671 g/mol. The van der Waals surface area contributed by atoms with Crippen LogP contribution in [0.3, 0.4) is 0 Å². The van der Waals surface area contributed by atoms with Crippen molar-refractivity contribution in [3.8, 4) is 11.5 Å². The number of hydrogen-bond donors (Lipinski definition) is 2. The third-order valence-corrected chi connectivity index (χ3v) is 10.6. The van der Waals surface area contributed by atoms with Gasteiger partial charge in [0.2, 0.25) is 0 Å². The molecule has 1 atom stereocenters. The Morgan fingerprint density at radius 1 is 1.04 bits per heavy atom. The summed E-state index contributed by atoms with van der Waals surface area (Å²) < 4.78 is 52.9. The molecule has 1 spiro atoms. The first-order valence-corrected chi connectivity index (χ1v) is 17.0. The number of benzene rings is 2. The van der Waals surface area contributed by atoms with E-state index < -0.39 is 28.4 Å². The van der Waals surface area contributed by atoms with Gasteiger partial charge in [-0.2, -0.15) is 13.2 Å². The zero-order valence-electron chi connectivity index (χ0n) is 27.9. The van der Waals surface area contributed by atoms with Crippen LogP contribution in [0.25, 0.3) is 10.9 Å². The fourth-order valence-electron chi connectivity index (χ4n) is 7.74. The van der Waals surface area contributed by atoms with E-state index in [1.165, 1.54) is 38.5 Å². The van der Waals surface area contributed by atoms with E-state index in [0.29, 0.717) is 45.5 Å². The Hall–Kier alpha value is -3.71. The van der Waals surface area contributed by atoms with Gasteiger partial charge in [0, 0.05) is 43.2 Å². The molecule has 0 amide bonds. The van der Waals surface area contributed by atoms with Crippen LogP contribution in [0.15, 0.2) is 30.3 Å². The second-order valence-electron chi connectivity index (χ2n) is 13.9. The highest BCUT2D eigenvalue weighted by atomic mass is 19.4. The number of aromatic nitrogens is 2. The lowest BCUT2D eigenvalue weighted by Crippen LogP contribution is -2.43. The first-order valence-electron chi connectivity index (χ1n) is 17.0. The number of nitro benzene ring substituents is 1.